The van der Waals surface area contributed by atoms with E-state index in [9.17, 15) is 5.11 Å². The Kier molecular flexibility index (Phi) is 3.12. The smallest absolute Gasteiger partial charge is 0.123 e. The van der Waals surface area contributed by atoms with Crippen LogP contribution < -0.4 is 5.73 Å². The van der Waals surface area contributed by atoms with Crippen molar-refractivity contribution in [3.63, 3.8) is 0 Å². The molecule has 0 radical (unpaired) electrons. The fourth-order valence-electron chi connectivity index (χ4n) is 2.19. The summed E-state index contributed by atoms with van der Waals surface area (Å²) in [6, 6.07) is 3.70. The first-order chi connectivity index (χ1) is 7.58. The van der Waals surface area contributed by atoms with Gasteiger partial charge in [0.05, 0.1) is 12.2 Å². The highest BCUT2D eigenvalue weighted by atomic mass is 16.5. The molecule has 2 unspecified atom stereocenters. The summed E-state index contributed by atoms with van der Waals surface area (Å²) in [6.07, 6.45) is 3.19. The number of anilines is 1. The van der Waals surface area contributed by atoms with E-state index in [1.165, 1.54) is 0 Å². The number of nitrogens with zero attached hydrogens (tertiary/aromatic N) is 1. The maximum Gasteiger partial charge on any atom is 0.123 e. The molecular weight excluding hydrogens is 204 g/mol. The third kappa shape index (κ3) is 2.51. The van der Waals surface area contributed by atoms with Crippen LogP contribution in [0.3, 0.4) is 0 Å². The number of hydrogen-bond acceptors (Lipinski definition) is 4. The Bertz CT molecular complexity index is 360. The van der Waals surface area contributed by atoms with Crippen LogP contribution in [-0.4, -0.2) is 28.9 Å². The van der Waals surface area contributed by atoms with E-state index in [0.717, 1.165) is 18.6 Å². The molecule has 1 aromatic rings. The minimum Gasteiger partial charge on any atom is -0.389 e. The number of ether oxygens (including phenoxy) is 1. The summed E-state index contributed by atoms with van der Waals surface area (Å²) in [5.74, 6) is 0.706. The van der Waals surface area contributed by atoms with E-state index in [0.29, 0.717) is 18.8 Å². The normalized spacial score (nSPS) is 24.2. The van der Waals surface area contributed by atoms with Gasteiger partial charge in [0.1, 0.15) is 5.82 Å². The molecule has 1 saturated heterocycles. The molecule has 2 heterocycles. The summed E-state index contributed by atoms with van der Waals surface area (Å²) in [5.41, 5.74) is 5.90. The summed E-state index contributed by atoms with van der Waals surface area (Å²) in [5, 5.41) is 10.4. The maximum atomic E-state index is 10.4. The molecule has 1 fully saturated rings. The molecule has 0 spiro atoms. The first-order valence-corrected chi connectivity index (χ1v) is 5.58. The summed E-state index contributed by atoms with van der Waals surface area (Å²) in [4.78, 5) is 3.94. The van der Waals surface area contributed by atoms with E-state index in [2.05, 4.69) is 4.98 Å². The van der Waals surface area contributed by atoms with Crippen molar-refractivity contribution in [1.82, 2.24) is 4.98 Å². The number of pyridine rings is 1. The third-order valence-electron chi connectivity index (χ3n) is 3.22. The Morgan fingerprint density at radius 1 is 1.69 bits per heavy atom. The molecule has 1 aliphatic rings. The predicted octanol–water partition coefficient (Wildman–Crippen LogP) is 0.994. The van der Waals surface area contributed by atoms with Crippen molar-refractivity contribution in [2.45, 2.75) is 25.4 Å². The highest BCUT2D eigenvalue weighted by molar-refractivity contribution is 5.32. The summed E-state index contributed by atoms with van der Waals surface area (Å²) in [7, 11) is 0. The van der Waals surface area contributed by atoms with Gasteiger partial charge in [0, 0.05) is 25.1 Å². The van der Waals surface area contributed by atoms with E-state index < -0.39 is 5.60 Å². The van der Waals surface area contributed by atoms with E-state index in [1.54, 1.807) is 6.20 Å². The second kappa shape index (κ2) is 4.39. The zero-order valence-electron chi connectivity index (χ0n) is 9.52. The Morgan fingerprint density at radius 3 is 3.12 bits per heavy atom. The first kappa shape index (κ1) is 11.4. The van der Waals surface area contributed by atoms with Crippen molar-refractivity contribution in [3.8, 4) is 0 Å². The van der Waals surface area contributed by atoms with Gasteiger partial charge in [0.15, 0.2) is 0 Å². The topological polar surface area (TPSA) is 68.4 Å². The zero-order chi connectivity index (χ0) is 11.6. The highest BCUT2D eigenvalue weighted by Gasteiger charge is 2.34. The van der Waals surface area contributed by atoms with Crippen LogP contribution in [0, 0.1) is 5.92 Å². The fraction of sp³-hybridized carbons (Fsp3) is 0.583. The van der Waals surface area contributed by atoms with Crippen LogP contribution in [0.2, 0.25) is 0 Å². The van der Waals surface area contributed by atoms with Crippen LogP contribution in [0.4, 0.5) is 5.82 Å². The summed E-state index contributed by atoms with van der Waals surface area (Å²) >= 11 is 0. The van der Waals surface area contributed by atoms with Crippen molar-refractivity contribution in [2.75, 3.05) is 18.9 Å². The summed E-state index contributed by atoms with van der Waals surface area (Å²) < 4.78 is 5.31. The van der Waals surface area contributed by atoms with E-state index in [-0.39, 0.29) is 5.92 Å². The molecule has 1 aliphatic heterocycles. The van der Waals surface area contributed by atoms with Crippen molar-refractivity contribution >= 4 is 5.82 Å². The number of aromatic nitrogens is 1. The molecule has 1 aromatic heterocycles. The van der Waals surface area contributed by atoms with Gasteiger partial charge in [-0.15, -0.1) is 0 Å². The lowest BCUT2D eigenvalue weighted by atomic mass is 9.83. The van der Waals surface area contributed by atoms with Gasteiger partial charge >= 0.3 is 0 Å². The number of rotatable bonds is 3. The average Bonchev–Trinajstić information content (AvgIpc) is 2.69. The Labute approximate surface area is 95.4 Å². The lowest BCUT2D eigenvalue weighted by Crippen LogP contribution is -2.37. The largest absolute Gasteiger partial charge is 0.389 e. The van der Waals surface area contributed by atoms with Crippen LogP contribution in [0.25, 0.3) is 0 Å². The quantitative estimate of drug-likeness (QED) is 0.800. The van der Waals surface area contributed by atoms with E-state index >= 15 is 0 Å². The van der Waals surface area contributed by atoms with Gasteiger partial charge in [-0.05, 0) is 31.0 Å². The van der Waals surface area contributed by atoms with Crippen LogP contribution in [0.15, 0.2) is 18.3 Å². The monoisotopic (exact) mass is 222 g/mol. The molecule has 2 atom stereocenters. The Balaban J connectivity index is 2.07. The molecule has 4 nitrogen and oxygen atoms in total. The molecule has 2 rings (SSSR count). The minimum atomic E-state index is -0.732. The third-order valence-corrected chi connectivity index (χ3v) is 3.22. The van der Waals surface area contributed by atoms with E-state index in [4.69, 9.17) is 10.5 Å². The Hall–Kier alpha value is -1.13. The SMILES string of the molecule is CC(O)(Cc1ccnc(N)c1)C1CCOC1. The van der Waals surface area contributed by atoms with Crippen molar-refractivity contribution in [1.29, 1.82) is 0 Å². The molecule has 0 aromatic carbocycles. The molecule has 88 valence electrons. The lowest BCUT2D eigenvalue weighted by Gasteiger charge is -2.29. The zero-order valence-corrected chi connectivity index (χ0v) is 9.52. The maximum absolute atomic E-state index is 10.4. The van der Waals surface area contributed by atoms with Gasteiger partial charge in [-0.1, -0.05) is 0 Å². The van der Waals surface area contributed by atoms with Gasteiger partial charge in [-0.25, -0.2) is 4.98 Å². The summed E-state index contributed by atoms with van der Waals surface area (Å²) in [6.45, 7) is 3.26. The number of hydrogen-bond donors (Lipinski definition) is 2. The van der Waals surface area contributed by atoms with Gasteiger partial charge in [-0.2, -0.15) is 0 Å². The van der Waals surface area contributed by atoms with Gasteiger partial charge in [0.2, 0.25) is 0 Å². The molecule has 16 heavy (non-hydrogen) atoms. The standard InChI is InChI=1S/C12H18N2O2/c1-12(15,10-3-5-16-8-10)7-9-2-4-14-11(13)6-9/h2,4,6,10,15H,3,5,7-8H2,1H3,(H2,13,14). The molecule has 0 saturated carbocycles. The number of nitrogens with two attached hydrogens (primary N) is 1. The van der Waals surface area contributed by atoms with Crippen LogP contribution >= 0.6 is 0 Å². The number of nitrogen functional groups attached to an aromatic ring is 1. The van der Waals surface area contributed by atoms with Gasteiger partial charge in [-0.3, -0.25) is 0 Å². The van der Waals surface area contributed by atoms with Crippen molar-refractivity contribution < 1.29 is 9.84 Å². The van der Waals surface area contributed by atoms with Crippen molar-refractivity contribution in [2.24, 2.45) is 5.92 Å². The van der Waals surface area contributed by atoms with E-state index in [1.807, 2.05) is 19.1 Å². The van der Waals surface area contributed by atoms with Crippen LogP contribution in [0.1, 0.15) is 18.9 Å². The Morgan fingerprint density at radius 2 is 2.50 bits per heavy atom. The molecule has 0 bridgehead atoms. The lowest BCUT2D eigenvalue weighted by molar-refractivity contribution is -0.00453. The second-order valence-corrected chi connectivity index (χ2v) is 4.68. The highest BCUT2D eigenvalue weighted by Crippen LogP contribution is 2.29. The van der Waals surface area contributed by atoms with Crippen molar-refractivity contribution in [3.05, 3.63) is 23.9 Å². The number of aliphatic hydroxyl groups is 1. The second-order valence-electron chi connectivity index (χ2n) is 4.68. The van der Waals surface area contributed by atoms with Gasteiger partial charge < -0.3 is 15.6 Å². The minimum absolute atomic E-state index is 0.210. The molecule has 4 heteroatoms. The molecule has 0 aliphatic carbocycles. The predicted molar refractivity (Wildman–Crippen MR) is 61.9 cm³/mol. The molecule has 3 N–H and O–H groups in total. The van der Waals surface area contributed by atoms with Crippen LogP contribution in [-0.2, 0) is 11.2 Å². The van der Waals surface area contributed by atoms with Crippen LogP contribution in [0.5, 0.6) is 0 Å². The molecule has 0 amide bonds. The fourth-order valence-corrected chi connectivity index (χ4v) is 2.19. The first-order valence-electron chi connectivity index (χ1n) is 5.58. The van der Waals surface area contributed by atoms with Gasteiger partial charge in [0.25, 0.3) is 0 Å². The molecular formula is C12H18N2O2. The average molecular weight is 222 g/mol.